The number of hydrogen-bond donors (Lipinski definition) is 1. The minimum Gasteiger partial charge on any atom is -0.481 e. The van der Waals surface area contributed by atoms with Crippen molar-refractivity contribution in [2.24, 2.45) is 5.41 Å². The first kappa shape index (κ1) is 11.8. The SMILES string of the molecule is CC(C)(C)CC(CC(=O)O)c1ccco1. The number of carbonyl (C=O) groups is 1. The van der Waals surface area contributed by atoms with E-state index in [1.807, 2.05) is 6.07 Å². The second-order valence-electron chi connectivity index (χ2n) is 5.07. The van der Waals surface area contributed by atoms with Gasteiger partial charge < -0.3 is 9.52 Å². The van der Waals surface area contributed by atoms with Crippen molar-refractivity contribution in [3.63, 3.8) is 0 Å². The second-order valence-corrected chi connectivity index (χ2v) is 5.07. The molecule has 1 aromatic rings. The standard InChI is InChI=1S/C12H18O3/c1-12(2,3)8-9(7-11(13)14)10-5-4-6-15-10/h4-6,9H,7-8H2,1-3H3,(H,13,14). The molecule has 1 atom stereocenters. The molecule has 0 aliphatic rings. The molecule has 0 aliphatic carbocycles. The number of rotatable bonds is 4. The molecule has 0 saturated heterocycles. The molecule has 1 unspecified atom stereocenters. The maximum absolute atomic E-state index is 10.7. The summed E-state index contributed by atoms with van der Waals surface area (Å²) in [5.74, 6) is -0.0366. The van der Waals surface area contributed by atoms with E-state index in [4.69, 9.17) is 9.52 Å². The number of aliphatic carboxylic acids is 1. The van der Waals surface area contributed by atoms with E-state index in [9.17, 15) is 4.79 Å². The molecule has 1 aromatic heterocycles. The van der Waals surface area contributed by atoms with Gasteiger partial charge in [0.15, 0.2) is 0 Å². The summed E-state index contributed by atoms with van der Waals surface area (Å²) in [4.78, 5) is 10.7. The molecular formula is C12H18O3. The van der Waals surface area contributed by atoms with Gasteiger partial charge in [-0.15, -0.1) is 0 Å². The highest BCUT2D eigenvalue weighted by atomic mass is 16.4. The number of hydrogen-bond acceptors (Lipinski definition) is 2. The molecule has 3 nitrogen and oxygen atoms in total. The molecule has 0 fully saturated rings. The molecule has 15 heavy (non-hydrogen) atoms. The zero-order valence-corrected chi connectivity index (χ0v) is 9.49. The van der Waals surface area contributed by atoms with E-state index >= 15 is 0 Å². The largest absolute Gasteiger partial charge is 0.481 e. The molecule has 0 aromatic carbocycles. The Morgan fingerprint density at radius 3 is 2.60 bits per heavy atom. The van der Waals surface area contributed by atoms with Crippen molar-refractivity contribution in [1.82, 2.24) is 0 Å². The lowest BCUT2D eigenvalue weighted by molar-refractivity contribution is -0.137. The van der Waals surface area contributed by atoms with Crippen molar-refractivity contribution in [3.05, 3.63) is 24.2 Å². The van der Waals surface area contributed by atoms with E-state index in [0.717, 1.165) is 12.2 Å². The van der Waals surface area contributed by atoms with Crippen molar-refractivity contribution in [2.45, 2.75) is 39.5 Å². The van der Waals surface area contributed by atoms with Crippen molar-refractivity contribution >= 4 is 5.97 Å². The summed E-state index contributed by atoms with van der Waals surface area (Å²) in [6.45, 7) is 6.31. The van der Waals surface area contributed by atoms with Gasteiger partial charge in [0.25, 0.3) is 0 Å². The lowest BCUT2D eigenvalue weighted by Crippen LogP contribution is -2.14. The minimum atomic E-state index is -0.777. The predicted molar refractivity (Wildman–Crippen MR) is 57.8 cm³/mol. The van der Waals surface area contributed by atoms with E-state index in [2.05, 4.69) is 20.8 Å². The maximum Gasteiger partial charge on any atom is 0.304 e. The molecule has 0 amide bonds. The van der Waals surface area contributed by atoms with Crippen LogP contribution in [0.1, 0.15) is 45.3 Å². The lowest BCUT2D eigenvalue weighted by atomic mass is 9.82. The van der Waals surface area contributed by atoms with Gasteiger partial charge in [-0.3, -0.25) is 4.79 Å². The Labute approximate surface area is 90.1 Å². The topological polar surface area (TPSA) is 50.4 Å². The molecule has 3 heteroatoms. The van der Waals surface area contributed by atoms with Crippen LogP contribution in [0.25, 0.3) is 0 Å². The first-order valence-electron chi connectivity index (χ1n) is 5.14. The van der Waals surface area contributed by atoms with E-state index < -0.39 is 5.97 Å². The van der Waals surface area contributed by atoms with Gasteiger partial charge in [0.1, 0.15) is 5.76 Å². The molecule has 0 spiro atoms. The predicted octanol–water partition coefficient (Wildman–Crippen LogP) is 3.27. The molecular weight excluding hydrogens is 192 g/mol. The van der Waals surface area contributed by atoms with Crippen LogP contribution in [0.2, 0.25) is 0 Å². The second kappa shape index (κ2) is 4.51. The third kappa shape index (κ3) is 4.19. The quantitative estimate of drug-likeness (QED) is 0.829. The van der Waals surface area contributed by atoms with Gasteiger partial charge in [0.2, 0.25) is 0 Å². The van der Waals surface area contributed by atoms with E-state index in [-0.39, 0.29) is 17.8 Å². The molecule has 1 N–H and O–H groups in total. The zero-order chi connectivity index (χ0) is 11.5. The Bertz CT molecular complexity index is 306. The third-order valence-electron chi connectivity index (χ3n) is 2.23. The van der Waals surface area contributed by atoms with Crippen molar-refractivity contribution in [1.29, 1.82) is 0 Å². The Kier molecular flexibility index (Phi) is 3.56. The summed E-state index contributed by atoms with van der Waals surface area (Å²) in [6.07, 6.45) is 2.53. The minimum absolute atomic E-state index is 0.0301. The smallest absolute Gasteiger partial charge is 0.304 e. The Morgan fingerprint density at radius 1 is 1.53 bits per heavy atom. The fraction of sp³-hybridized carbons (Fsp3) is 0.583. The summed E-state index contributed by atoms with van der Waals surface area (Å²) >= 11 is 0. The molecule has 1 heterocycles. The first-order valence-corrected chi connectivity index (χ1v) is 5.14. The average Bonchev–Trinajstić information content (AvgIpc) is 2.50. The summed E-state index contributed by atoms with van der Waals surface area (Å²) in [5, 5.41) is 8.84. The molecule has 1 rings (SSSR count). The van der Waals surface area contributed by atoms with Crippen LogP contribution in [0.5, 0.6) is 0 Å². The number of furan rings is 1. The number of carboxylic acids is 1. The van der Waals surface area contributed by atoms with Gasteiger partial charge in [-0.05, 0) is 24.0 Å². The van der Waals surface area contributed by atoms with Crippen molar-refractivity contribution in [3.8, 4) is 0 Å². The lowest BCUT2D eigenvalue weighted by Gasteiger charge is -2.23. The fourth-order valence-electron chi connectivity index (χ4n) is 1.75. The summed E-state index contributed by atoms with van der Waals surface area (Å²) in [5.41, 5.74) is 0.104. The van der Waals surface area contributed by atoms with Crippen molar-refractivity contribution < 1.29 is 14.3 Å². The Balaban J connectivity index is 2.75. The van der Waals surface area contributed by atoms with Crippen LogP contribution >= 0.6 is 0 Å². The first-order chi connectivity index (χ1) is 6.88. The van der Waals surface area contributed by atoms with E-state index in [1.165, 1.54) is 0 Å². The van der Waals surface area contributed by atoms with Gasteiger partial charge in [-0.25, -0.2) is 0 Å². The summed E-state index contributed by atoms with van der Waals surface area (Å²) < 4.78 is 5.28. The summed E-state index contributed by atoms with van der Waals surface area (Å²) in [6, 6.07) is 3.65. The van der Waals surface area contributed by atoms with Gasteiger partial charge in [-0.2, -0.15) is 0 Å². The molecule has 0 radical (unpaired) electrons. The highest BCUT2D eigenvalue weighted by molar-refractivity contribution is 5.67. The van der Waals surface area contributed by atoms with Crippen molar-refractivity contribution in [2.75, 3.05) is 0 Å². The Hall–Kier alpha value is -1.25. The van der Waals surface area contributed by atoms with Crippen LogP contribution in [-0.4, -0.2) is 11.1 Å². The molecule has 0 bridgehead atoms. The van der Waals surface area contributed by atoms with E-state index in [0.29, 0.717) is 0 Å². The fourth-order valence-corrected chi connectivity index (χ4v) is 1.75. The van der Waals surface area contributed by atoms with Crippen LogP contribution < -0.4 is 0 Å². The van der Waals surface area contributed by atoms with E-state index in [1.54, 1.807) is 12.3 Å². The number of carboxylic acid groups (broad SMARTS) is 1. The van der Waals surface area contributed by atoms with Gasteiger partial charge in [0.05, 0.1) is 12.7 Å². The van der Waals surface area contributed by atoms with Crippen LogP contribution in [0.3, 0.4) is 0 Å². The monoisotopic (exact) mass is 210 g/mol. The van der Waals surface area contributed by atoms with Gasteiger partial charge in [0, 0.05) is 5.92 Å². The molecule has 0 aliphatic heterocycles. The van der Waals surface area contributed by atoms with Crippen LogP contribution in [-0.2, 0) is 4.79 Å². The third-order valence-corrected chi connectivity index (χ3v) is 2.23. The van der Waals surface area contributed by atoms with Crippen LogP contribution in [0.4, 0.5) is 0 Å². The maximum atomic E-state index is 10.7. The molecule has 0 saturated carbocycles. The van der Waals surface area contributed by atoms with Gasteiger partial charge >= 0.3 is 5.97 Å². The normalized spacial score (nSPS) is 13.8. The summed E-state index contributed by atoms with van der Waals surface area (Å²) in [7, 11) is 0. The highest BCUT2D eigenvalue weighted by Crippen LogP contribution is 2.33. The van der Waals surface area contributed by atoms with Gasteiger partial charge in [-0.1, -0.05) is 20.8 Å². The van der Waals surface area contributed by atoms with Crippen LogP contribution in [0.15, 0.2) is 22.8 Å². The average molecular weight is 210 g/mol. The van der Waals surface area contributed by atoms with Crippen LogP contribution in [0, 0.1) is 5.41 Å². The molecule has 84 valence electrons. The zero-order valence-electron chi connectivity index (χ0n) is 9.49. The Morgan fingerprint density at radius 2 is 2.20 bits per heavy atom. The highest BCUT2D eigenvalue weighted by Gasteiger charge is 2.24.